The summed E-state index contributed by atoms with van der Waals surface area (Å²) in [6.45, 7) is 0.833. The lowest BCUT2D eigenvalue weighted by atomic mass is 10.1. The van der Waals surface area contributed by atoms with Gasteiger partial charge in [0.15, 0.2) is 0 Å². The van der Waals surface area contributed by atoms with Gasteiger partial charge in [0.25, 0.3) is 0 Å². The first-order valence-electron chi connectivity index (χ1n) is 5.87. The number of benzene rings is 2. The molecule has 0 saturated heterocycles. The van der Waals surface area contributed by atoms with E-state index in [9.17, 15) is 0 Å². The maximum Gasteiger partial charge on any atom is 0.100 e. The van der Waals surface area contributed by atoms with Crippen molar-refractivity contribution < 1.29 is 0 Å². The van der Waals surface area contributed by atoms with Crippen LogP contribution in [0.3, 0.4) is 0 Å². The largest absolute Gasteiger partial charge is 0.385 e. The van der Waals surface area contributed by atoms with Gasteiger partial charge in [0, 0.05) is 21.7 Å². The lowest BCUT2D eigenvalue weighted by Gasteiger charge is -2.07. The Morgan fingerprint density at radius 2 is 1.89 bits per heavy atom. The molecule has 19 heavy (non-hydrogen) atoms. The van der Waals surface area contributed by atoms with Crippen molar-refractivity contribution in [1.29, 1.82) is 5.26 Å². The molecular weight excluding hydrogens is 324 g/mol. The number of hydrogen-bond donors (Lipinski definition) is 1. The number of nitriles is 1. The van der Waals surface area contributed by atoms with Crippen LogP contribution in [0.25, 0.3) is 0 Å². The quantitative estimate of drug-likeness (QED) is 0.884. The zero-order chi connectivity index (χ0) is 13.7. The Kier molecular flexibility index (Phi) is 4.84. The van der Waals surface area contributed by atoms with Gasteiger partial charge in [-0.05, 0) is 58.2 Å². The zero-order valence-electron chi connectivity index (χ0n) is 10.2. The van der Waals surface area contributed by atoms with Crippen molar-refractivity contribution in [3.8, 4) is 6.07 Å². The van der Waals surface area contributed by atoms with Crippen LogP contribution in [0.1, 0.15) is 11.1 Å². The van der Waals surface area contributed by atoms with Crippen molar-refractivity contribution in [2.75, 3.05) is 11.9 Å². The molecule has 2 nitrogen and oxygen atoms in total. The molecule has 0 spiro atoms. The van der Waals surface area contributed by atoms with Crippen LogP contribution in [0.4, 0.5) is 5.69 Å². The molecular formula is C15H12BrClN2. The lowest BCUT2D eigenvalue weighted by Crippen LogP contribution is -2.04. The minimum atomic E-state index is 0.642. The normalized spacial score (nSPS) is 9.95. The first-order chi connectivity index (χ1) is 9.19. The second-order valence-electron chi connectivity index (χ2n) is 4.11. The maximum atomic E-state index is 8.85. The Balaban J connectivity index is 1.91. The molecule has 4 heteroatoms. The van der Waals surface area contributed by atoms with Crippen molar-refractivity contribution in [3.05, 3.63) is 63.1 Å². The molecule has 2 aromatic carbocycles. The average Bonchev–Trinajstić information content (AvgIpc) is 2.41. The third kappa shape index (κ3) is 3.99. The van der Waals surface area contributed by atoms with Gasteiger partial charge < -0.3 is 5.32 Å². The summed E-state index contributed by atoms with van der Waals surface area (Å²) in [6, 6.07) is 15.6. The van der Waals surface area contributed by atoms with Crippen molar-refractivity contribution in [2.24, 2.45) is 0 Å². The van der Waals surface area contributed by atoms with Crippen LogP contribution in [0.5, 0.6) is 0 Å². The van der Waals surface area contributed by atoms with Crippen LogP contribution in [0.2, 0.25) is 5.02 Å². The maximum absolute atomic E-state index is 8.85. The van der Waals surface area contributed by atoms with E-state index < -0.39 is 0 Å². The highest BCUT2D eigenvalue weighted by atomic mass is 79.9. The summed E-state index contributed by atoms with van der Waals surface area (Å²) in [6.07, 6.45) is 0.925. The fourth-order valence-electron chi connectivity index (χ4n) is 1.72. The molecule has 0 heterocycles. The summed E-state index contributed by atoms with van der Waals surface area (Å²) < 4.78 is 0.812. The Morgan fingerprint density at radius 3 is 2.53 bits per heavy atom. The van der Waals surface area contributed by atoms with Crippen LogP contribution < -0.4 is 5.32 Å². The summed E-state index contributed by atoms with van der Waals surface area (Å²) in [5.74, 6) is 0. The Morgan fingerprint density at radius 1 is 1.16 bits per heavy atom. The van der Waals surface area contributed by atoms with Crippen molar-refractivity contribution in [3.63, 3.8) is 0 Å². The summed E-state index contributed by atoms with van der Waals surface area (Å²) in [4.78, 5) is 0. The van der Waals surface area contributed by atoms with Crippen molar-refractivity contribution >= 4 is 33.2 Å². The third-order valence-corrected chi connectivity index (χ3v) is 3.65. The molecule has 0 bridgehead atoms. The highest BCUT2D eigenvalue weighted by Gasteiger charge is 2.00. The molecule has 0 radical (unpaired) electrons. The van der Waals surface area contributed by atoms with Crippen LogP contribution >= 0.6 is 27.5 Å². The van der Waals surface area contributed by atoms with E-state index in [0.29, 0.717) is 5.56 Å². The predicted octanol–water partition coefficient (Wildman–Crippen LogP) is 4.63. The number of anilines is 1. The van der Waals surface area contributed by atoms with Crippen molar-refractivity contribution in [1.82, 2.24) is 0 Å². The van der Waals surface area contributed by atoms with E-state index in [0.717, 1.165) is 28.1 Å². The molecule has 0 atom stereocenters. The minimum Gasteiger partial charge on any atom is -0.385 e. The second kappa shape index (κ2) is 6.60. The molecule has 0 aromatic heterocycles. The number of halogens is 2. The molecule has 0 aliphatic carbocycles. The van der Waals surface area contributed by atoms with Gasteiger partial charge in [0.05, 0.1) is 5.56 Å². The molecule has 96 valence electrons. The standard InChI is InChI=1S/C15H12BrClN2/c16-15-9-14(6-3-12(15)10-18)19-8-7-11-1-4-13(17)5-2-11/h1-6,9,19H,7-8H2. The van der Waals surface area contributed by atoms with Gasteiger partial charge in [-0.15, -0.1) is 0 Å². The van der Waals surface area contributed by atoms with Gasteiger partial charge in [-0.25, -0.2) is 0 Å². The topological polar surface area (TPSA) is 35.8 Å². The van der Waals surface area contributed by atoms with E-state index >= 15 is 0 Å². The average molecular weight is 336 g/mol. The highest BCUT2D eigenvalue weighted by molar-refractivity contribution is 9.10. The van der Waals surface area contributed by atoms with Gasteiger partial charge in [-0.2, -0.15) is 5.26 Å². The zero-order valence-corrected chi connectivity index (χ0v) is 12.5. The third-order valence-electron chi connectivity index (χ3n) is 2.75. The van der Waals surface area contributed by atoms with E-state index in [1.807, 2.05) is 36.4 Å². The number of rotatable bonds is 4. The minimum absolute atomic E-state index is 0.642. The second-order valence-corrected chi connectivity index (χ2v) is 5.40. The first-order valence-corrected chi connectivity index (χ1v) is 7.04. The smallest absolute Gasteiger partial charge is 0.100 e. The van der Waals surface area contributed by atoms with E-state index in [1.54, 1.807) is 6.07 Å². The number of hydrogen-bond acceptors (Lipinski definition) is 2. The molecule has 1 N–H and O–H groups in total. The van der Waals surface area contributed by atoms with E-state index in [4.69, 9.17) is 16.9 Å². The van der Waals surface area contributed by atoms with E-state index in [1.165, 1.54) is 5.56 Å². The fourth-order valence-corrected chi connectivity index (χ4v) is 2.31. The van der Waals surface area contributed by atoms with E-state index in [2.05, 4.69) is 27.3 Å². The Bertz CT molecular complexity index is 603. The monoisotopic (exact) mass is 334 g/mol. The molecule has 0 aliphatic rings. The SMILES string of the molecule is N#Cc1ccc(NCCc2ccc(Cl)cc2)cc1Br. The molecule has 0 aliphatic heterocycles. The molecule has 0 amide bonds. The molecule has 0 unspecified atom stereocenters. The summed E-state index contributed by atoms with van der Waals surface area (Å²) in [7, 11) is 0. The summed E-state index contributed by atoms with van der Waals surface area (Å²) >= 11 is 9.22. The van der Waals surface area contributed by atoms with E-state index in [-0.39, 0.29) is 0 Å². The number of nitrogens with one attached hydrogen (secondary N) is 1. The van der Waals surface area contributed by atoms with Crippen LogP contribution in [-0.2, 0) is 6.42 Å². The summed E-state index contributed by atoms with van der Waals surface area (Å²) in [5.41, 5.74) is 2.88. The molecule has 2 rings (SSSR count). The Labute approximate surface area is 126 Å². The van der Waals surface area contributed by atoms with Gasteiger partial charge in [0.1, 0.15) is 6.07 Å². The fraction of sp³-hybridized carbons (Fsp3) is 0.133. The van der Waals surface area contributed by atoms with Gasteiger partial charge in [0.2, 0.25) is 0 Å². The van der Waals surface area contributed by atoms with Crippen molar-refractivity contribution in [2.45, 2.75) is 6.42 Å². The summed E-state index contributed by atoms with van der Waals surface area (Å²) in [5, 5.41) is 12.9. The van der Waals surface area contributed by atoms with Crippen LogP contribution in [0.15, 0.2) is 46.9 Å². The first kappa shape index (κ1) is 13.9. The number of nitrogens with zero attached hydrogens (tertiary/aromatic N) is 1. The molecule has 0 saturated carbocycles. The van der Waals surface area contributed by atoms with Gasteiger partial charge in [-0.3, -0.25) is 0 Å². The highest BCUT2D eigenvalue weighted by Crippen LogP contribution is 2.20. The molecule has 2 aromatic rings. The van der Waals surface area contributed by atoms with Gasteiger partial charge in [-0.1, -0.05) is 23.7 Å². The Hall–Kier alpha value is -1.50. The predicted molar refractivity (Wildman–Crippen MR) is 82.5 cm³/mol. The van der Waals surface area contributed by atoms with Crippen LogP contribution in [0, 0.1) is 11.3 Å². The van der Waals surface area contributed by atoms with Crippen LogP contribution in [-0.4, -0.2) is 6.54 Å². The van der Waals surface area contributed by atoms with Gasteiger partial charge >= 0.3 is 0 Å². The lowest BCUT2D eigenvalue weighted by molar-refractivity contribution is 1.02. The molecule has 0 fully saturated rings.